The van der Waals surface area contributed by atoms with E-state index in [4.69, 9.17) is 14.8 Å². The summed E-state index contributed by atoms with van der Waals surface area (Å²) >= 11 is 0. The molecule has 0 saturated heterocycles. The number of anilines is 1. The standard InChI is InChI=1S/C20H14N4O3/c1-11(23-24-16-5-3-13(4-6-16)20(25)26)19-12(2)27-18-8-15(10-22)14(9-21)7-17(18)19/h3-8,24H,1-2H3,(H,25,26). The Bertz CT molecular complexity index is 1160. The van der Waals surface area contributed by atoms with Crippen LogP contribution in [0.4, 0.5) is 5.69 Å². The summed E-state index contributed by atoms with van der Waals surface area (Å²) < 4.78 is 5.72. The van der Waals surface area contributed by atoms with E-state index in [1.54, 1.807) is 38.1 Å². The SMILES string of the molecule is CC(=NNc1ccc(C(=O)O)cc1)c1c(C)oc2cc(C#N)c(C#N)cc12. The van der Waals surface area contributed by atoms with E-state index in [1.807, 2.05) is 12.1 Å². The van der Waals surface area contributed by atoms with E-state index in [9.17, 15) is 10.1 Å². The molecule has 0 bridgehead atoms. The third-order valence-corrected chi connectivity index (χ3v) is 4.09. The summed E-state index contributed by atoms with van der Waals surface area (Å²) in [5.41, 5.74) is 6.11. The second-order valence-corrected chi connectivity index (χ2v) is 5.84. The fraction of sp³-hybridized carbons (Fsp3) is 0.100. The zero-order valence-electron chi connectivity index (χ0n) is 14.6. The van der Waals surface area contributed by atoms with Crippen molar-refractivity contribution in [3.63, 3.8) is 0 Å². The van der Waals surface area contributed by atoms with E-state index < -0.39 is 5.97 Å². The Labute approximate surface area is 154 Å². The molecule has 0 aliphatic carbocycles. The van der Waals surface area contributed by atoms with Gasteiger partial charge in [-0.05, 0) is 44.2 Å². The van der Waals surface area contributed by atoms with Crippen LogP contribution in [0.3, 0.4) is 0 Å². The molecule has 3 aromatic rings. The Hall–Kier alpha value is -4.10. The number of carboxylic acid groups (broad SMARTS) is 1. The third-order valence-electron chi connectivity index (χ3n) is 4.09. The first-order valence-corrected chi connectivity index (χ1v) is 7.96. The predicted octanol–water partition coefficient (Wildman–Crippen LogP) is 4.02. The van der Waals surface area contributed by atoms with Crippen molar-refractivity contribution in [1.82, 2.24) is 0 Å². The van der Waals surface area contributed by atoms with E-state index in [0.29, 0.717) is 28.1 Å². The molecule has 2 N–H and O–H groups in total. The van der Waals surface area contributed by atoms with Crippen LogP contribution in [-0.4, -0.2) is 16.8 Å². The fourth-order valence-electron chi connectivity index (χ4n) is 2.79. The number of nitriles is 2. The van der Waals surface area contributed by atoms with Gasteiger partial charge in [0.15, 0.2) is 0 Å². The highest BCUT2D eigenvalue weighted by molar-refractivity contribution is 6.10. The van der Waals surface area contributed by atoms with Crippen molar-refractivity contribution in [2.45, 2.75) is 13.8 Å². The summed E-state index contributed by atoms with van der Waals surface area (Å²) in [6.45, 7) is 3.58. The zero-order chi connectivity index (χ0) is 19.6. The van der Waals surface area contributed by atoms with Crippen LogP contribution in [0.5, 0.6) is 0 Å². The highest BCUT2D eigenvalue weighted by Crippen LogP contribution is 2.29. The molecule has 2 aromatic carbocycles. The molecule has 7 nitrogen and oxygen atoms in total. The minimum absolute atomic E-state index is 0.190. The summed E-state index contributed by atoms with van der Waals surface area (Å²) in [5.74, 6) is -0.375. The van der Waals surface area contributed by atoms with Gasteiger partial charge in [-0.2, -0.15) is 15.6 Å². The molecule has 0 radical (unpaired) electrons. The lowest BCUT2D eigenvalue weighted by molar-refractivity contribution is 0.0697. The first-order valence-electron chi connectivity index (χ1n) is 7.96. The van der Waals surface area contributed by atoms with Gasteiger partial charge in [-0.3, -0.25) is 5.43 Å². The quantitative estimate of drug-likeness (QED) is 0.536. The number of fused-ring (bicyclic) bond motifs is 1. The maximum atomic E-state index is 10.9. The molecule has 27 heavy (non-hydrogen) atoms. The number of hydrazone groups is 1. The van der Waals surface area contributed by atoms with Crippen molar-refractivity contribution in [2.24, 2.45) is 5.10 Å². The van der Waals surface area contributed by atoms with Crippen LogP contribution in [-0.2, 0) is 0 Å². The van der Waals surface area contributed by atoms with Gasteiger partial charge in [-0.25, -0.2) is 4.79 Å². The highest BCUT2D eigenvalue weighted by atomic mass is 16.4. The molecule has 0 saturated carbocycles. The van der Waals surface area contributed by atoms with Crippen LogP contribution < -0.4 is 5.43 Å². The second-order valence-electron chi connectivity index (χ2n) is 5.84. The van der Waals surface area contributed by atoms with Crippen molar-refractivity contribution in [3.8, 4) is 12.1 Å². The first-order chi connectivity index (χ1) is 12.9. The van der Waals surface area contributed by atoms with Gasteiger partial charge in [-0.1, -0.05) is 0 Å². The average molecular weight is 358 g/mol. The number of carbonyl (C=O) groups is 1. The molecule has 0 fully saturated rings. The smallest absolute Gasteiger partial charge is 0.335 e. The molecule has 0 spiro atoms. The average Bonchev–Trinajstić information content (AvgIpc) is 2.99. The van der Waals surface area contributed by atoms with Crippen molar-refractivity contribution >= 4 is 28.3 Å². The number of hydrogen-bond donors (Lipinski definition) is 2. The van der Waals surface area contributed by atoms with Crippen LogP contribution in [0.2, 0.25) is 0 Å². The Morgan fingerprint density at radius 1 is 1.15 bits per heavy atom. The Morgan fingerprint density at radius 2 is 1.78 bits per heavy atom. The molecule has 7 heteroatoms. The van der Waals surface area contributed by atoms with Crippen LogP contribution in [0.1, 0.15) is 39.7 Å². The second kappa shape index (κ2) is 7.03. The van der Waals surface area contributed by atoms with Gasteiger partial charge in [-0.15, -0.1) is 0 Å². The summed E-state index contributed by atoms with van der Waals surface area (Å²) in [4.78, 5) is 10.9. The van der Waals surface area contributed by atoms with Gasteiger partial charge in [0.05, 0.1) is 28.1 Å². The van der Waals surface area contributed by atoms with E-state index in [0.717, 1.165) is 5.56 Å². The molecular weight excluding hydrogens is 344 g/mol. The monoisotopic (exact) mass is 358 g/mol. The van der Waals surface area contributed by atoms with Gasteiger partial charge >= 0.3 is 5.97 Å². The van der Waals surface area contributed by atoms with E-state index in [1.165, 1.54) is 12.1 Å². The number of aromatic carboxylic acids is 1. The van der Waals surface area contributed by atoms with Crippen LogP contribution in [0.15, 0.2) is 45.9 Å². The summed E-state index contributed by atoms with van der Waals surface area (Å²) in [6, 6.07) is 13.4. The molecule has 0 amide bonds. The number of aryl methyl sites for hydroxylation is 1. The molecule has 0 aliphatic rings. The molecule has 132 valence electrons. The number of nitrogens with one attached hydrogen (secondary N) is 1. The molecule has 0 atom stereocenters. The number of nitrogens with zero attached hydrogens (tertiary/aromatic N) is 3. The lowest BCUT2D eigenvalue weighted by Crippen LogP contribution is -2.01. The molecule has 3 rings (SSSR count). The highest BCUT2D eigenvalue weighted by Gasteiger charge is 2.16. The molecule has 1 aromatic heterocycles. The fourth-order valence-corrected chi connectivity index (χ4v) is 2.79. The van der Waals surface area contributed by atoms with E-state index in [2.05, 4.69) is 10.5 Å². The largest absolute Gasteiger partial charge is 0.478 e. The molecular formula is C20H14N4O3. The van der Waals surface area contributed by atoms with Crippen molar-refractivity contribution < 1.29 is 14.3 Å². The van der Waals surface area contributed by atoms with E-state index >= 15 is 0 Å². The molecule has 1 heterocycles. The minimum atomic E-state index is -0.994. The third kappa shape index (κ3) is 3.35. The number of carboxylic acids is 1. The zero-order valence-corrected chi connectivity index (χ0v) is 14.6. The van der Waals surface area contributed by atoms with Crippen LogP contribution in [0, 0.1) is 29.6 Å². The summed E-state index contributed by atoms with van der Waals surface area (Å²) in [6.07, 6.45) is 0. The van der Waals surface area contributed by atoms with Crippen LogP contribution in [0.25, 0.3) is 11.0 Å². The normalized spacial score (nSPS) is 11.0. The maximum Gasteiger partial charge on any atom is 0.335 e. The lowest BCUT2D eigenvalue weighted by Gasteiger charge is -2.04. The number of rotatable bonds is 4. The van der Waals surface area contributed by atoms with Gasteiger partial charge in [0.2, 0.25) is 0 Å². The van der Waals surface area contributed by atoms with Crippen molar-refractivity contribution in [3.05, 3.63) is 64.4 Å². The van der Waals surface area contributed by atoms with Gasteiger partial charge in [0.1, 0.15) is 23.5 Å². The van der Waals surface area contributed by atoms with Gasteiger partial charge in [0, 0.05) is 17.0 Å². The number of benzene rings is 2. The Morgan fingerprint density at radius 3 is 2.37 bits per heavy atom. The van der Waals surface area contributed by atoms with Crippen molar-refractivity contribution in [2.75, 3.05) is 5.43 Å². The van der Waals surface area contributed by atoms with Gasteiger partial charge in [0.25, 0.3) is 0 Å². The Kier molecular flexibility index (Phi) is 4.61. The molecule has 0 aliphatic heterocycles. The lowest BCUT2D eigenvalue weighted by atomic mass is 10.0. The maximum absolute atomic E-state index is 10.9. The summed E-state index contributed by atoms with van der Waals surface area (Å²) in [7, 11) is 0. The topological polar surface area (TPSA) is 122 Å². The summed E-state index contributed by atoms with van der Waals surface area (Å²) in [5, 5.41) is 32.3. The predicted molar refractivity (Wildman–Crippen MR) is 99.6 cm³/mol. The minimum Gasteiger partial charge on any atom is -0.478 e. The number of furan rings is 1. The first kappa shape index (κ1) is 17.7. The van der Waals surface area contributed by atoms with E-state index in [-0.39, 0.29) is 16.7 Å². The molecule has 0 unspecified atom stereocenters. The number of hydrogen-bond acceptors (Lipinski definition) is 6. The Balaban J connectivity index is 1.97. The van der Waals surface area contributed by atoms with Crippen LogP contribution >= 0.6 is 0 Å². The van der Waals surface area contributed by atoms with Gasteiger partial charge < -0.3 is 9.52 Å². The van der Waals surface area contributed by atoms with Crippen molar-refractivity contribution in [1.29, 1.82) is 10.5 Å².